The summed E-state index contributed by atoms with van der Waals surface area (Å²) in [4.78, 5) is 29.0. The lowest BCUT2D eigenvalue weighted by Gasteiger charge is -2.34. The highest BCUT2D eigenvalue weighted by Crippen LogP contribution is 2.27. The number of likely N-dealkylation sites (tertiary alicyclic amines) is 1. The van der Waals surface area contributed by atoms with Crippen LogP contribution < -0.4 is 10.2 Å². The Morgan fingerprint density at radius 1 is 1.12 bits per heavy atom. The fraction of sp³-hybridized carbons (Fsp3) is 0.600. The molecule has 2 aliphatic heterocycles. The third kappa shape index (κ3) is 3.97. The average Bonchev–Trinajstić information content (AvgIpc) is 3.15. The van der Waals surface area contributed by atoms with Crippen LogP contribution in [0.25, 0.3) is 0 Å². The van der Waals surface area contributed by atoms with E-state index < -0.39 is 0 Å². The van der Waals surface area contributed by atoms with Crippen LogP contribution in [0.1, 0.15) is 51.0 Å². The maximum Gasteiger partial charge on any atom is 0.247 e. The van der Waals surface area contributed by atoms with Crippen molar-refractivity contribution in [2.45, 2.75) is 58.4 Å². The molecule has 136 valence electrons. The smallest absolute Gasteiger partial charge is 0.247 e. The molecular formula is C20H29N3O2. The monoisotopic (exact) mass is 343 g/mol. The summed E-state index contributed by atoms with van der Waals surface area (Å²) in [6, 6.07) is 5.79. The van der Waals surface area contributed by atoms with Gasteiger partial charge in [-0.3, -0.25) is 9.59 Å². The van der Waals surface area contributed by atoms with Gasteiger partial charge in [0, 0.05) is 37.4 Å². The highest BCUT2D eigenvalue weighted by molar-refractivity contribution is 5.97. The highest BCUT2D eigenvalue weighted by atomic mass is 16.2. The zero-order valence-corrected chi connectivity index (χ0v) is 15.4. The standard InChI is InChI=1S/C20H29N3O2/c1-3-19(24)23-13-5-4-8-18(23)20(25)21-16-9-10-17(15(2)14-16)22-11-6-7-12-22/h9-10,14,18H,3-8,11-13H2,1-2H3,(H,21,25). The van der Waals surface area contributed by atoms with Gasteiger partial charge in [-0.05, 0) is 62.8 Å². The first kappa shape index (κ1) is 17.8. The number of amides is 2. The van der Waals surface area contributed by atoms with Crippen LogP contribution in [-0.2, 0) is 9.59 Å². The van der Waals surface area contributed by atoms with Crippen molar-refractivity contribution in [3.63, 3.8) is 0 Å². The van der Waals surface area contributed by atoms with Gasteiger partial charge in [0.2, 0.25) is 11.8 Å². The van der Waals surface area contributed by atoms with Gasteiger partial charge >= 0.3 is 0 Å². The number of hydrogen-bond donors (Lipinski definition) is 1. The molecule has 2 aliphatic rings. The van der Waals surface area contributed by atoms with E-state index in [1.807, 2.05) is 19.1 Å². The Morgan fingerprint density at radius 3 is 2.52 bits per heavy atom. The number of hydrogen-bond acceptors (Lipinski definition) is 3. The quantitative estimate of drug-likeness (QED) is 0.912. The largest absolute Gasteiger partial charge is 0.371 e. The van der Waals surface area contributed by atoms with Crippen molar-refractivity contribution in [3.05, 3.63) is 23.8 Å². The van der Waals surface area contributed by atoms with E-state index in [9.17, 15) is 9.59 Å². The van der Waals surface area contributed by atoms with Crippen molar-refractivity contribution < 1.29 is 9.59 Å². The van der Waals surface area contributed by atoms with E-state index >= 15 is 0 Å². The molecule has 25 heavy (non-hydrogen) atoms. The zero-order chi connectivity index (χ0) is 17.8. The van der Waals surface area contributed by atoms with Crippen LogP contribution in [0.2, 0.25) is 0 Å². The molecule has 0 aliphatic carbocycles. The van der Waals surface area contributed by atoms with Crippen molar-refractivity contribution in [1.82, 2.24) is 4.90 Å². The van der Waals surface area contributed by atoms with Gasteiger partial charge in [-0.25, -0.2) is 0 Å². The normalized spacial score (nSPS) is 20.6. The summed E-state index contributed by atoms with van der Waals surface area (Å²) in [6.45, 7) is 6.87. The summed E-state index contributed by atoms with van der Waals surface area (Å²) in [7, 11) is 0. The van der Waals surface area contributed by atoms with Gasteiger partial charge in [0.25, 0.3) is 0 Å². The lowest BCUT2D eigenvalue weighted by molar-refractivity contribution is -0.140. The first-order valence-electron chi connectivity index (χ1n) is 9.56. The molecule has 2 fully saturated rings. The molecule has 5 nitrogen and oxygen atoms in total. The van der Waals surface area contributed by atoms with Crippen molar-refractivity contribution in [3.8, 4) is 0 Å². The number of carbonyl (C=O) groups is 2. The second kappa shape index (κ2) is 7.89. The Hall–Kier alpha value is -2.04. The number of carbonyl (C=O) groups excluding carboxylic acids is 2. The number of nitrogens with one attached hydrogen (secondary N) is 1. The molecule has 1 aromatic carbocycles. The van der Waals surface area contributed by atoms with E-state index in [2.05, 4.69) is 23.2 Å². The fourth-order valence-electron chi connectivity index (χ4n) is 3.98. The van der Waals surface area contributed by atoms with Crippen LogP contribution >= 0.6 is 0 Å². The van der Waals surface area contributed by atoms with Crippen LogP contribution in [0.15, 0.2) is 18.2 Å². The molecule has 1 aromatic rings. The molecule has 2 saturated heterocycles. The van der Waals surface area contributed by atoms with Crippen molar-refractivity contribution in [1.29, 1.82) is 0 Å². The predicted octanol–water partition coefficient (Wildman–Crippen LogP) is 3.32. The van der Waals surface area contributed by atoms with E-state index in [0.717, 1.165) is 38.0 Å². The molecule has 1 N–H and O–H groups in total. The van der Waals surface area contributed by atoms with E-state index in [1.165, 1.54) is 24.1 Å². The van der Waals surface area contributed by atoms with E-state index in [0.29, 0.717) is 13.0 Å². The SMILES string of the molecule is CCC(=O)N1CCCCC1C(=O)Nc1ccc(N2CCCC2)c(C)c1. The molecule has 0 spiro atoms. The van der Waals surface area contributed by atoms with Gasteiger partial charge in [-0.15, -0.1) is 0 Å². The zero-order valence-electron chi connectivity index (χ0n) is 15.4. The van der Waals surface area contributed by atoms with Crippen molar-refractivity contribution in [2.75, 3.05) is 29.9 Å². The third-order valence-electron chi connectivity index (χ3n) is 5.34. The number of piperidine rings is 1. The van der Waals surface area contributed by atoms with Crippen molar-refractivity contribution >= 4 is 23.2 Å². The summed E-state index contributed by atoms with van der Waals surface area (Å²) in [6.07, 6.45) is 5.69. The van der Waals surface area contributed by atoms with Gasteiger partial charge in [-0.1, -0.05) is 6.92 Å². The minimum atomic E-state index is -0.334. The summed E-state index contributed by atoms with van der Waals surface area (Å²) in [5, 5.41) is 3.03. The molecule has 0 saturated carbocycles. The van der Waals surface area contributed by atoms with Crippen LogP contribution in [0, 0.1) is 6.92 Å². The lowest BCUT2D eigenvalue weighted by atomic mass is 10.0. The number of benzene rings is 1. The fourth-order valence-corrected chi connectivity index (χ4v) is 3.98. The summed E-state index contributed by atoms with van der Waals surface area (Å²) in [5.74, 6) is 0.00948. The molecule has 2 heterocycles. The van der Waals surface area contributed by atoms with Crippen LogP contribution in [0.3, 0.4) is 0 Å². The van der Waals surface area contributed by atoms with Crippen LogP contribution in [0.5, 0.6) is 0 Å². The van der Waals surface area contributed by atoms with Gasteiger partial charge in [0.1, 0.15) is 6.04 Å². The molecule has 0 aromatic heterocycles. The summed E-state index contributed by atoms with van der Waals surface area (Å²) < 4.78 is 0. The first-order valence-corrected chi connectivity index (χ1v) is 9.56. The molecule has 3 rings (SSSR count). The number of aryl methyl sites for hydroxylation is 1. The van der Waals surface area contributed by atoms with E-state index in [-0.39, 0.29) is 17.9 Å². The maximum atomic E-state index is 12.7. The van der Waals surface area contributed by atoms with E-state index in [1.54, 1.807) is 4.90 Å². The van der Waals surface area contributed by atoms with Crippen molar-refractivity contribution in [2.24, 2.45) is 0 Å². The summed E-state index contributed by atoms with van der Waals surface area (Å²) in [5.41, 5.74) is 3.26. The van der Waals surface area contributed by atoms with Gasteiger partial charge < -0.3 is 15.1 Å². The molecule has 5 heteroatoms. The Kier molecular flexibility index (Phi) is 5.61. The minimum Gasteiger partial charge on any atom is -0.371 e. The topological polar surface area (TPSA) is 52.7 Å². The molecule has 0 radical (unpaired) electrons. The second-order valence-corrected chi connectivity index (χ2v) is 7.14. The van der Waals surface area contributed by atoms with Crippen LogP contribution in [-0.4, -0.2) is 42.4 Å². The van der Waals surface area contributed by atoms with Gasteiger partial charge in [0.05, 0.1) is 0 Å². The molecule has 1 atom stereocenters. The Balaban J connectivity index is 1.69. The first-order chi connectivity index (χ1) is 12.1. The molecule has 2 amide bonds. The molecular weight excluding hydrogens is 314 g/mol. The van der Waals surface area contributed by atoms with Gasteiger partial charge in [0.15, 0.2) is 0 Å². The summed E-state index contributed by atoms with van der Waals surface area (Å²) >= 11 is 0. The van der Waals surface area contributed by atoms with E-state index in [4.69, 9.17) is 0 Å². The molecule has 1 unspecified atom stereocenters. The minimum absolute atomic E-state index is 0.0603. The number of rotatable bonds is 4. The predicted molar refractivity (Wildman–Crippen MR) is 101 cm³/mol. The van der Waals surface area contributed by atoms with Crippen LogP contribution in [0.4, 0.5) is 11.4 Å². The Bertz CT molecular complexity index is 638. The number of nitrogens with zero attached hydrogens (tertiary/aromatic N) is 2. The average molecular weight is 343 g/mol. The number of anilines is 2. The lowest BCUT2D eigenvalue weighted by Crippen LogP contribution is -2.49. The Morgan fingerprint density at radius 2 is 1.84 bits per heavy atom. The second-order valence-electron chi connectivity index (χ2n) is 7.14. The maximum absolute atomic E-state index is 12.7. The molecule has 0 bridgehead atoms. The Labute approximate surface area is 150 Å². The third-order valence-corrected chi connectivity index (χ3v) is 5.34. The highest BCUT2D eigenvalue weighted by Gasteiger charge is 2.31. The van der Waals surface area contributed by atoms with Gasteiger partial charge in [-0.2, -0.15) is 0 Å².